The average Bonchev–Trinajstić information content (AvgIpc) is 2.82. The van der Waals surface area contributed by atoms with Crippen LogP contribution in [0.15, 0.2) is 48.8 Å². The highest BCUT2D eigenvalue weighted by molar-refractivity contribution is 5.84. The van der Waals surface area contributed by atoms with Gasteiger partial charge in [0.25, 0.3) is 0 Å². The number of H-pyrrole nitrogens is 1. The number of aromatic nitrogens is 2. The van der Waals surface area contributed by atoms with Crippen LogP contribution in [0.25, 0.3) is 10.9 Å². The van der Waals surface area contributed by atoms with Gasteiger partial charge in [-0.3, -0.25) is 4.98 Å². The minimum Gasteiger partial charge on any atom is -0.497 e. The molecule has 90 valence electrons. The van der Waals surface area contributed by atoms with E-state index < -0.39 is 0 Å². The zero-order valence-electron chi connectivity index (χ0n) is 10.2. The van der Waals surface area contributed by atoms with Gasteiger partial charge < -0.3 is 9.72 Å². The molecular weight excluding hydrogens is 224 g/mol. The molecule has 0 amide bonds. The molecule has 0 aliphatic heterocycles. The number of hydrogen-bond donors (Lipinski definition) is 1. The van der Waals surface area contributed by atoms with Gasteiger partial charge in [0.15, 0.2) is 0 Å². The van der Waals surface area contributed by atoms with E-state index in [9.17, 15) is 0 Å². The normalized spacial score (nSPS) is 10.7. The second kappa shape index (κ2) is 4.53. The first-order valence-corrected chi connectivity index (χ1v) is 5.91. The van der Waals surface area contributed by atoms with Gasteiger partial charge in [0.2, 0.25) is 0 Å². The molecule has 0 fully saturated rings. The summed E-state index contributed by atoms with van der Waals surface area (Å²) in [6.45, 7) is 0. The molecule has 1 aromatic carbocycles. The van der Waals surface area contributed by atoms with Gasteiger partial charge in [-0.15, -0.1) is 0 Å². The van der Waals surface area contributed by atoms with Crippen LogP contribution in [0.4, 0.5) is 0 Å². The van der Waals surface area contributed by atoms with Crippen molar-refractivity contribution in [3.63, 3.8) is 0 Å². The molecule has 18 heavy (non-hydrogen) atoms. The lowest BCUT2D eigenvalue weighted by Crippen LogP contribution is -1.90. The van der Waals surface area contributed by atoms with Gasteiger partial charge in [-0.1, -0.05) is 6.07 Å². The van der Waals surface area contributed by atoms with Crippen LogP contribution in [0, 0.1) is 0 Å². The molecule has 2 heterocycles. The fourth-order valence-corrected chi connectivity index (χ4v) is 2.13. The summed E-state index contributed by atoms with van der Waals surface area (Å²) < 4.78 is 5.27. The van der Waals surface area contributed by atoms with Gasteiger partial charge in [-0.25, -0.2) is 0 Å². The first-order chi connectivity index (χ1) is 8.86. The number of fused-ring (bicyclic) bond motifs is 1. The van der Waals surface area contributed by atoms with E-state index in [4.69, 9.17) is 4.74 Å². The van der Waals surface area contributed by atoms with Crippen molar-refractivity contribution in [3.8, 4) is 5.75 Å². The molecule has 0 bridgehead atoms. The first-order valence-electron chi connectivity index (χ1n) is 5.91. The zero-order chi connectivity index (χ0) is 12.4. The van der Waals surface area contributed by atoms with E-state index in [2.05, 4.69) is 16.0 Å². The monoisotopic (exact) mass is 238 g/mol. The third-order valence-electron chi connectivity index (χ3n) is 3.07. The van der Waals surface area contributed by atoms with Gasteiger partial charge in [-0.05, 0) is 35.9 Å². The largest absolute Gasteiger partial charge is 0.497 e. The van der Waals surface area contributed by atoms with Crippen LogP contribution >= 0.6 is 0 Å². The quantitative estimate of drug-likeness (QED) is 0.761. The van der Waals surface area contributed by atoms with Crippen LogP contribution in [-0.2, 0) is 6.42 Å². The highest BCUT2D eigenvalue weighted by Crippen LogP contribution is 2.24. The lowest BCUT2D eigenvalue weighted by Gasteiger charge is -2.02. The molecule has 3 aromatic rings. The van der Waals surface area contributed by atoms with Crippen molar-refractivity contribution in [1.29, 1.82) is 0 Å². The van der Waals surface area contributed by atoms with Crippen molar-refractivity contribution < 1.29 is 4.74 Å². The minimum atomic E-state index is 0.827. The van der Waals surface area contributed by atoms with Crippen LogP contribution in [-0.4, -0.2) is 17.1 Å². The Balaban J connectivity index is 2.01. The number of nitrogens with one attached hydrogen (secondary N) is 1. The average molecular weight is 238 g/mol. The number of aromatic amines is 1. The summed E-state index contributed by atoms with van der Waals surface area (Å²) in [6, 6.07) is 12.0. The van der Waals surface area contributed by atoms with Crippen LogP contribution in [0.1, 0.15) is 11.3 Å². The van der Waals surface area contributed by atoms with E-state index in [-0.39, 0.29) is 0 Å². The van der Waals surface area contributed by atoms with Gasteiger partial charge in [0, 0.05) is 35.4 Å². The predicted molar refractivity (Wildman–Crippen MR) is 71.9 cm³/mol. The maximum Gasteiger partial charge on any atom is 0.119 e. The molecule has 0 aliphatic rings. The Morgan fingerprint density at radius 3 is 2.94 bits per heavy atom. The molecule has 2 aromatic heterocycles. The summed E-state index contributed by atoms with van der Waals surface area (Å²) >= 11 is 0. The first kappa shape index (κ1) is 10.8. The third kappa shape index (κ3) is 1.95. The molecule has 0 saturated carbocycles. The van der Waals surface area contributed by atoms with Gasteiger partial charge in [-0.2, -0.15) is 0 Å². The lowest BCUT2D eigenvalue weighted by atomic mass is 10.1. The Hall–Kier alpha value is -2.29. The van der Waals surface area contributed by atoms with Crippen LogP contribution < -0.4 is 4.74 Å². The Labute approximate surface area is 105 Å². The smallest absolute Gasteiger partial charge is 0.119 e. The van der Waals surface area contributed by atoms with Crippen LogP contribution in [0.5, 0.6) is 5.75 Å². The van der Waals surface area contributed by atoms with Crippen LogP contribution in [0.2, 0.25) is 0 Å². The van der Waals surface area contributed by atoms with Gasteiger partial charge in [0.05, 0.1) is 7.11 Å². The number of pyridine rings is 1. The number of benzene rings is 1. The third-order valence-corrected chi connectivity index (χ3v) is 3.07. The van der Waals surface area contributed by atoms with Crippen molar-refractivity contribution in [1.82, 2.24) is 9.97 Å². The summed E-state index contributed by atoms with van der Waals surface area (Å²) in [4.78, 5) is 7.63. The van der Waals surface area contributed by atoms with Crippen molar-refractivity contribution in [3.05, 3.63) is 60.0 Å². The molecule has 0 radical (unpaired) electrons. The number of rotatable bonds is 3. The Kier molecular flexibility index (Phi) is 2.73. The molecule has 3 rings (SSSR count). The highest BCUT2D eigenvalue weighted by Gasteiger charge is 2.06. The Morgan fingerprint density at radius 2 is 2.17 bits per heavy atom. The number of nitrogens with zero attached hydrogens (tertiary/aromatic N) is 1. The van der Waals surface area contributed by atoms with E-state index in [1.165, 1.54) is 10.9 Å². The molecule has 1 N–H and O–H groups in total. The van der Waals surface area contributed by atoms with E-state index >= 15 is 0 Å². The predicted octanol–water partition coefficient (Wildman–Crippen LogP) is 3.16. The Morgan fingerprint density at radius 1 is 1.22 bits per heavy atom. The maximum absolute atomic E-state index is 5.27. The van der Waals surface area contributed by atoms with Gasteiger partial charge >= 0.3 is 0 Å². The molecule has 3 heteroatoms. The highest BCUT2D eigenvalue weighted by atomic mass is 16.5. The fraction of sp³-hybridized carbons (Fsp3) is 0.133. The number of methoxy groups -OCH3 is 1. The topological polar surface area (TPSA) is 37.9 Å². The van der Waals surface area contributed by atoms with E-state index in [0.29, 0.717) is 0 Å². The Bertz CT molecular complexity index is 659. The molecular formula is C15H14N2O. The number of hydrogen-bond acceptors (Lipinski definition) is 2. The SMILES string of the molecule is COc1ccc2[nH]cc(Cc3ccccn3)c2c1. The zero-order valence-corrected chi connectivity index (χ0v) is 10.2. The summed E-state index contributed by atoms with van der Waals surface area (Å²) in [7, 11) is 1.69. The molecule has 3 nitrogen and oxygen atoms in total. The second-order valence-corrected chi connectivity index (χ2v) is 4.22. The van der Waals surface area contributed by atoms with Gasteiger partial charge in [0.1, 0.15) is 5.75 Å². The van der Waals surface area contributed by atoms with Crippen LogP contribution in [0.3, 0.4) is 0 Å². The lowest BCUT2D eigenvalue weighted by molar-refractivity contribution is 0.415. The summed E-state index contributed by atoms with van der Waals surface area (Å²) in [5, 5.41) is 1.19. The molecule has 0 saturated heterocycles. The summed E-state index contributed by atoms with van der Waals surface area (Å²) in [6.07, 6.45) is 4.69. The fourth-order valence-electron chi connectivity index (χ4n) is 2.13. The van der Waals surface area contributed by atoms with Crippen molar-refractivity contribution >= 4 is 10.9 Å². The molecule has 0 aliphatic carbocycles. The minimum absolute atomic E-state index is 0.827. The molecule has 0 spiro atoms. The van der Waals surface area contributed by atoms with E-state index in [0.717, 1.165) is 23.4 Å². The summed E-state index contributed by atoms with van der Waals surface area (Å²) in [5.74, 6) is 0.879. The van der Waals surface area contributed by atoms with Crippen molar-refractivity contribution in [2.75, 3.05) is 7.11 Å². The molecule has 0 unspecified atom stereocenters. The maximum atomic E-state index is 5.27. The molecule has 0 atom stereocenters. The van der Waals surface area contributed by atoms with Crippen molar-refractivity contribution in [2.45, 2.75) is 6.42 Å². The second-order valence-electron chi connectivity index (χ2n) is 4.22. The summed E-state index contributed by atoms with van der Waals surface area (Å²) in [5.41, 5.74) is 3.44. The van der Waals surface area contributed by atoms with E-state index in [1.54, 1.807) is 7.11 Å². The van der Waals surface area contributed by atoms with Crippen molar-refractivity contribution in [2.24, 2.45) is 0 Å². The number of ether oxygens (including phenoxy) is 1. The standard InChI is InChI=1S/C15H14N2O/c1-18-13-5-6-15-14(9-13)11(10-17-15)8-12-4-2-3-7-16-12/h2-7,9-10,17H,8H2,1H3. The van der Waals surface area contributed by atoms with E-state index in [1.807, 2.05) is 42.7 Å².